The lowest BCUT2D eigenvalue weighted by molar-refractivity contribution is 0.949. The van der Waals surface area contributed by atoms with Crippen LogP contribution in [0.3, 0.4) is 0 Å². The second-order valence-corrected chi connectivity index (χ2v) is 5.33. The first-order valence-corrected chi connectivity index (χ1v) is 7.25. The molecule has 0 radical (unpaired) electrons. The number of hydrogen-bond donors (Lipinski definition) is 0. The summed E-state index contributed by atoms with van der Waals surface area (Å²) in [6, 6.07) is 16.9. The van der Waals surface area contributed by atoms with Gasteiger partial charge in [-0.25, -0.2) is 0 Å². The Balaban J connectivity index is 1.89. The zero-order chi connectivity index (χ0) is 13.8. The molecule has 1 aliphatic heterocycles. The van der Waals surface area contributed by atoms with Gasteiger partial charge in [0.1, 0.15) is 0 Å². The summed E-state index contributed by atoms with van der Waals surface area (Å²) in [5.74, 6) is 6.61. The smallest absolute Gasteiger partial charge is 0.0525 e. The number of hydrogen-bond acceptors (Lipinski definition) is 1. The maximum atomic E-state index is 3.33. The molecular weight excluding hydrogens is 242 g/mol. The molecule has 0 atom stereocenters. The van der Waals surface area contributed by atoms with E-state index >= 15 is 0 Å². The van der Waals surface area contributed by atoms with Gasteiger partial charge in [0.25, 0.3) is 0 Å². The summed E-state index contributed by atoms with van der Waals surface area (Å²) in [6.45, 7) is 4.41. The third-order valence-electron chi connectivity index (χ3n) is 3.74. The topological polar surface area (TPSA) is 3.24 Å². The SMILES string of the molecule is Cc1ccc(C#Cc2ccccc2N2CCCC2)cc1. The van der Waals surface area contributed by atoms with Gasteiger partial charge in [0.2, 0.25) is 0 Å². The molecule has 1 heteroatoms. The third kappa shape index (κ3) is 2.86. The number of nitrogens with zero attached hydrogens (tertiary/aromatic N) is 1. The maximum Gasteiger partial charge on any atom is 0.0525 e. The summed E-state index contributed by atoms with van der Waals surface area (Å²) in [4.78, 5) is 2.44. The van der Waals surface area contributed by atoms with Crippen molar-refractivity contribution in [3.63, 3.8) is 0 Å². The van der Waals surface area contributed by atoms with Crippen LogP contribution < -0.4 is 4.90 Å². The molecule has 1 aliphatic rings. The Hall–Kier alpha value is -2.20. The van der Waals surface area contributed by atoms with Gasteiger partial charge in [0.05, 0.1) is 5.69 Å². The van der Waals surface area contributed by atoms with E-state index in [1.165, 1.54) is 24.1 Å². The highest BCUT2D eigenvalue weighted by atomic mass is 15.1. The minimum atomic E-state index is 1.08. The van der Waals surface area contributed by atoms with Crippen molar-refractivity contribution in [2.45, 2.75) is 19.8 Å². The minimum Gasteiger partial charge on any atom is -0.371 e. The molecule has 1 heterocycles. The molecule has 1 saturated heterocycles. The second kappa shape index (κ2) is 5.84. The molecule has 2 aromatic rings. The van der Waals surface area contributed by atoms with Crippen molar-refractivity contribution in [1.82, 2.24) is 0 Å². The van der Waals surface area contributed by atoms with E-state index in [-0.39, 0.29) is 0 Å². The molecule has 2 aromatic carbocycles. The molecule has 1 fully saturated rings. The van der Waals surface area contributed by atoms with Gasteiger partial charge < -0.3 is 4.90 Å². The summed E-state index contributed by atoms with van der Waals surface area (Å²) in [6.07, 6.45) is 2.58. The van der Waals surface area contributed by atoms with Crippen molar-refractivity contribution in [2.24, 2.45) is 0 Å². The quantitative estimate of drug-likeness (QED) is 0.701. The fourth-order valence-electron chi connectivity index (χ4n) is 2.59. The number of benzene rings is 2. The van der Waals surface area contributed by atoms with Gasteiger partial charge in [-0.05, 0) is 44.0 Å². The van der Waals surface area contributed by atoms with Gasteiger partial charge >= 0.3 is 0 Å². The van der Waals surface area contributed by atoms with E-state index in [0.717, 1.165) is 24.2 Å². The molecule has 0 aromatic heterocycles. The maximum absolute atomic E-state index is 3.33. The Labute approximate surface area is 121 Å². The van der Waals surface area contributed by atoms with Gasteiger partial charge in [0.15, 0.2) is 0 Å². The van der Waals surface area contributed by atoms with Gasteiger partial charge in [-0.3, -0.25) is 0 Å². The van der Waals surface area contributed by atoms with Gasteiger partial charge in [0, 0.05) is 24.2 Å². The average Bonchev–Trinajstić information content (AvgIpc) is 3.01. The van der Waals surface area contributed by atoms with E-state index in [2.05, 4.69) is 72.2 Å². The van der Waals surface area contributed by atoms with E-state index in [4.69, 9.17) is 0 Å². The number of rotatable bonds is 1. The van der Waals surface area contributed by atoms with Crippen LogP contribution in [0.25, 0.3) is 0 Å². The van der Waals surface area contributed by atoms with E-state index < -0.39 is 0 Å². The lowest BCUT2D eigenvalue weighted by Gasteiger charge is -2.19. The molecule has 0 unspecified atom stereocenters. The fourth-order valence-corrected chi connectivity index (χ4v) is 2.59. The normalized spacial score (nSPS) is 13.9. The summed E-state index contributed by atoms with van der Waals surface area (Å²) in [5, 5.41) is 0. The zero-order valence-electron chi connectivity index (χ0n) is 11.9. The van der Waals surface area contributed by atoms with Crippen molar-refractivity contribution in [3.05, 3.63) is 65.2 Å². The molecule has 0 N–H and O–H groups in total. The Morgan fingerprint density at radius 2 is 1.55 bits per heavy atom. The van der Waals surface area contributed by atoms with Crippen LogP contribution in [-0.2, 0) is 0 Å². The lowest BCUT2D eigenvalue weighted by Crippen LogP contribution is -2.18. The van der Waals surface area contributed by atoms with Crippen molar-refractivity contribution in [2.75, 3.05) is 18.0 Å². The standard InChI is InChI=1S/C19H19N/c1-16-8-10-17(11-9-16)12-13-18-6-2-3-7-19(18)20-14-4-5-15-20/h2-3,6-11H,4-5,14-15H2,1H3. The highest BCUT2D eigenvalue weighted by Crippen LogP contribution is 2.23. The van der Waals surface area contributed by atoms with Gasteiger partial charge in [-0.1, -0.05) is 41.7 Å². The predicted molar refractivity (Wildman–Crippen MR) is 85.0 cm³/mol. The first-order chi connectivity index (χ1) is 9.83. The van der Waals surface area contributed by atoms with Crippen LogP contribution in [0.2, 0.25) is 0 Å². The monoisotopic (exact) mass is 261 g/mol. The first kappa shape index (κ1) is 12.8. The Morgan fingerprint density at radius 1 is 0.850 bits per heavy atom. The molecule has 0 bridgehead atoms. The number of anilines is 1. The molecule has 0 saturated carbocycles. The minimum absolute atomic E-state index is 1.08. The molecule has 0 spiro atoms. The molecule has 20 heavy (non-hydrogen) atoms. The Morgan fingerprint density at radius 3 is 2.30 bits per heavy atom. The summed E-state index contributed by atoms with van der Waals surface area (Å²) >= 11 is 0. The summed E-state index contributed by atoms with van der Waals surface area (Å²) in [7, 11) is 0. The molecule has 0 amide bonds. The Kier molecular flexibility index (Phi) is 3.74. The van der Waals surface area contributed by atoms with Crippen LogP contribution in [0.15, 0.2) is 48.5 Å². The number of aryl methyl sites for hydroxylation is 1. The zero-order valence-corrected chi connectivity index (χ0v) is 11.9. The van der Waals surface area contributed by atoms with Crippen LogP contribution in [0, 0.1) is 18.8 Å². The molecule has 3 rings (SSSR count). The van der Waals surface area contributed by atoms with Crippen molar-refractivity contribution >= 4 is 5.69 Å². The number of para-hydroxylation sites is 1. The highest BCUT2D eigenvalue weighted by molar-refractivity contribution is 5.62. The second-order valence-electron chi connectivity index (χ2n) is 5.33. The van der Waals surface area contributed by atoms with Crippen molar-refractivity contribution in [3.8, 4) is 11.8 Å². The van der Waals surface area contributed by atoms with Crippen LogP contribution in [0.1, 0.15) is 29.5 Å². The highest BCUT2D eigenvalue weighted by Gasteiger charge is 2.14. The van der Waals surface area contributed by atoms with Crippen LogP contribution in [0.4, 0.5) is 5.69 Å². The van der Waals surface area contributed by atoms with Crippen molar-refractivity contribution < 1.29 is 0 Å². The first-order valence-electron chi connectivity index (χ1n) is 7.25. The molecule has 100 valence electrons. The average molecular weight is 261 g/mol. The Bertz CT molecular complexity index is 637. The van der Waals surface area contributed by atoms with Crippen molar-refractivity contribution in [1.29, 1.82) is 0 Å². The third-order valence-corrected chi connectivity index (χ3v) is 3.74. The molecule has 1 nitrogen and oxygen atoms in total. The van der Waals surface area contributed by atoms with E-state index in [9.17, 15) is 0 Å². The summed E-state index contributed by atoms with van der Waals surface area (Å²) in [5.41, 5.74) is 4.76. The molecular formula is C19H19N. The van der Waals surface area contributed by atoms with Gasteiger partial charge in [-0.15, -0.1) is 0 Å². The van der Waals surface area contributed by atoms with E-state index in [0.29, 0.717) is 0 Å². The lowest BCUT2D eigenvalue weighted by atomic mass is 10.1. The largest absolute Gasteiger partial charge is 0.371 e. The van der Waals surface area contributed by atoms with Gasteiger partial charge in [-0.2, -0.15) is 0 Å². The fraction of sp³-hybridized carbons (Fsp3) is 0.263. The molecule has 0 aliphatic carbocycles. The summed E-state index contributed by atoms with van der Waals surface area (Å²) < 4.78 is 0. The van der Waals surface area contributed by atoms with Crippen LogP contribution in [-0.4, -0.2) is 13.1 Å². The van der Waals surface area contributed by atoms with E-state index in [1.54, 1.807) is 0 Å². The predicted octanol–water partition coefficient (Wildman–Crippen LogP) is 4.00. The van der Waals surface area contributed by atoms with Crippen LogP contribution >= 0.6 is 0 Å². The van der Waals surface area contributed by atoms with Crippen LogP contribution in [0.5, 0.6) is 0 Å². The van der Waals surface area contributed by atoms with E-state index in [1.807, 2.05) is 0 Å².